The summed E-state index contributed by atoms with van der Waals surface area (Å²) < 4.78 is 5.56. The molecule has 116 valence electrons. The number of hydrogen-bond donors (Lipinski definition) is 2. The molecule has 0 spiro atoms. The molecule has 2 aliphatic rings. The van der Waals surface area contributed by atoms with Crippen LogP contribution in [0.15, 0.2) is 0 Å². The standard InChI is InChI=1S/C16H30N2O2/c1-2-11-17-13-5-7-14(8-6-13)18-16(19)10-9-15-4-3-12-20-15/h13-15,17H,2-12H2,1H3,(H,18,19). The van der Waals surface area contributed by atoms with Crippen molar-refractivity contribution in [3.8, 4) is 0 Å². The van der Waals surface area contributed by atoms with Crippen molar-refractivity contribution in [2.45, 2.75) is 82.9 Å². The van der Waals surface area contributed by atoms with Crippen LogP contribution in [0.5, 0.6) is 0 Å². The lowest BCUT2D eigenvalue weighted by Gasteiger charge is -2.29. The Labute approximate surface area is 123 Å². The molecule has 4 heteroatoms. The predicted octanol–water partition coefficient (Wildman–Crippen LogP) is 2.37. The topological polar surface area (TPSA) is 50.4 Å². The maximum Gasteiger partial charge on any atom is 0.220 e. The lowest BCUT2D eigenvalue weighted by atomic mass is 9.91. The number of amides is 1. The van der Waals surface area contributed by atoms with E-state index < -0.39 is 0 Å². The van der Waals surface area contributed by atoms with E-state index in [-0.39, 0.29) is 5.91 Å². The summed E-state index contributed by atoms with van der Waals surface area (Å²) in [5.74, 6) is 0.213. The fourth-order valence-electron chi connectivity index (χ4n) is 3.25. The van der Waals surface area contributed by atoms with Crippen molar-refractivity contribution >= 4 is 5.91 Å². The van der Waals surface area contributed by atoms with E-state index in [4.69, 9.17) is 4.74 Å². The molecule has 0 aromatic rings. The van der Waals surface area contributed by atoms with Gasteiger partial charge < -0.3 is 15.4 Å². The number of rotatable bonds is 7. The third-order valence-electron chi connectivity index (χ3n) is 4.49. The summed E-state index contributed by atoms with van der Waals surface area (Å²) in [5.41, 5.74) is 0. The van der Waals surface area contributed by atoms with Gasteiger partial charge in [0.2, 0.25) is 5.91 Å². The number of carbonyl (C=O) groups is 1. The molecule has 1 aliphatic heterocycles. The van der Waals surface area contributed by atoms with E-state index in [9.17, 15) is 4.79 Å². The summed E-state index contributed by atoms with van der Waals surface area (Å²) in [6.45, 7) is 4.19. The predicted molar refractivity (Wildman–Crippen MR) is 80.7 cm³/mol. The minimum atomic E-state index is 0.213. The Morgan fingerprint density at radius 1 is 1.15 bits per heavy atom. The molecule has 1 saturated heterocycles. The molecule has 4 nitrogen and oxygen atoms in total. The van der Waals surface area contributed by atoms with Crippen molar-refractivity contribution in [2.24, 2.45) is 0 Å². The highest BCUT2D eigenvalue weighted by Gasteiger charge is 2.22. The number of ether oxygens (including phenoxy) is 1. The molecule has 20 heavy (non-hydrogen) atoms. The molecule has 1 aliphatic carbocycles. The van der Waals surface area contributed by atoms with Gasteiger partial charge in [-0.2, -0.15) is 0 Å². The first-order valence-electron chi connectivity index (χ1n) is 8.42. The van der Waals surface area contributed by atoms with Gasteiger partial charge in [-0.3, -0.25) is 4.79 Å². The second-order valence-corrected chi connectivity index (χ2v) is 6.24. The summed E-state index contributed by atoms with van der Waals surface area (Å²) >= 11 is 0. The molecule has 2 fully saturated rings. The molecule has 0 radical (unpaired) electrons. The van der Waals surface area contributed by atoms with Crippen LogP contribution in [0.3, 0.4) is 0 Å². The van der Waals surface area contributed by atoms with Gasteiger partial charge in [-0.1, -0.05) is 6.92 Å². The lowest BCUT2D eigenvalue weighted by Crippen LogP contribution is -2.42. The van der Waals surface area contributed by atoms with Crippen molar-refractivity contribution in [3.05, 3.63) is 0 Å². The van der Waals surface area contributed by atoms with Gasteiger partial charge in [0.05, 0.1) is 6.10 Å². The summed E-state index contributed by atoms with van der Waals surface area (Å²) in [7, 11) is 0. The Hall–Kier alpha value is -0.610. The molecular formula is C16H30N2O2. The van der Waals surface area contributed by atoms with Crippen LogP contribution in [0, 0.1) is 0 Å². The largest absolute Gasteiger partial charge is 0.378 e. The van der Waals surface area contributed by atoms with Gasteiger partial charge in [0, 0.05) is 25.1 Å². The molecule has 0 aromatic heterocycles. The zero-order valence-electron chi connectivity index (χ0n) is 12.8. The van der Waals surface area contributed by atoms with Gasteiger partial charge in [0.25, 0.3) is 0 Å². The molecule has 1 saturated carbocycles. The van der Waals surface area contributed by atoms with E-state index in [0.717, 1.165) is 45.3 Å². The van der Waals surface area contributed by atoms with Crippen LogP contribution in [0.1, 0.15) is 64.7 Å². The summed E-state index contributed by atoms with van der Waals surface area (Å²) in [5, 5.41) is 6.78. The van der Waals surface area contributed by atoms with E-state index in [1.165, 1.54) is 19.3 Å². The van der Waals surface area contributed by atoms with Crippen LogP contribution in [-0.4, -0.2) is 37.2 Å². The van der Waals surface area contributed by atoms with Crippen LogP contribution in [0.25, 0.3) is 0 Å². The van der Waals surface area contributed by atoms with Crippen LogP contribution >= 0.6 is 0 Å². The first kappa shape index (κ1) is 15.8. The monoisotopic (exact) mass is 282 g/mol. The van der Waals surface area contributed by atoms with Gasteiger partial charge in [-0.25, -0.2) is 0 Å². The summed E-state index contributed by atoms with van der Waals surface area (Å²) in [4.78, 5) is 11.9. The number of hydrogen-bond acceptors (Lipinski definition) is 3. The third kappa shape index (κ3) is 5.41. The SMILES string of the molecule is CCCNC1CCC(NC(=O)CCC2CCCO2)CC1. The Kier molecular flexibility index (Phi) is 6.80. The Balaban J connectivity index is 1.56. The first-order valence-corrected chi connectivity index (χ1v) is 8.42. The highest BCUT2D eigenvalue weighted by atomic mass is 16.5. The molecule has 1 heterocycles. The normalized spacial score (nSPS) is 30.4. The Morgan fingerprint density at radius 3 is 2.55 bits per heavy atom. The van der Waals surface area contributed by atoms with Crippen molar-refractivity contribution in [2.75, 3.05) is 13.2 Å². The van der Waals surface area contributed by atoms with Gasteiger partial charge >= 0.3 is 0 Å². The van der Waals surface area contributed by atoms with Gasteiger partial charge in [-0.15, -0.1) is 0 Å². The Morgan fingerprint density at radius 2 is 1.90 bits per heavy atom. The first-order chi connectivity index (χ1) is 9.78. The molecule has 2 rings (SSSR count). The number of nitrogens with one attached hydrogen (secondary N) is 2. The second kappa shape index (κ2) is 8.63. The van der Waals surface area contributed by atoms with E-state index in [2.05, 4.69) is 17.6 Å². The number of carbonyl (C=O) groups excluding carboxylic acids is 1. The molecule has 1 atom stereocenters. The lowest BCUT2D eigenvalue weighted by molar-refractivity contribution is -0.122. The van der Waals surface area contributed by atoms with Crippen LogP contribution in [0.4, 0.5) is 0 Å². The minimum Gasteiger partial charge on any atom is -0.378 e. The van der Waals surface area contributed by atoms with E-state index in [1.807, 2.05) is 0 Å². The van der Waals surface area contributed by atoms with E-state index in [0.29, 0.717) is 24.6 Å². The van der Waals surface area contributed by atoms with Crippen molar-refractivity contribution in [1.29, 1.82) is 0 Å². The van der Waals surface area contributed by atoms with Gasteiger partial charge in [-0.05, 0) is 57.9 Å². The van der Waals surface area contributed by atoms with Crippen molar-refractivity contribution < 1.29 is 9.53 Å². The molecule has 2 N–H and O–H groups in total. The summed E-state index contributed by atoms with van der Waals surface area (Å²) in [6.07, 6.45) is 9.93. The van der Waals surface area contributed by atoms with Crippen molar-refractivity contribution in [3.63, 3.8) is 0 Å². The fraction of sp³-hybridized carbons (Fsp3) is 0.938. The highest BCUT2D eigenvalue weighted by molar-refractivity contribution is 5.76. The zero-order valence-corrected chi connectivity index (χ0v) is 12.8. The quantitative estimate of drug-likeness (QED) is 0.754. The minimum absolute atomic E-state index is 0.213. The summed E-state index contributed by atoms with van der Waals surface area (Å²) in [6, 6.07) is 1.06. The molecule has 1 unspecified atom stereocenters. The van der Waals surface area contributed by atoms with Crippen LogP contribution in [-0.2, 0) is 9.53 Å². The molecular weight excluding hydrogens is 252 g/mol. The molecule has 0 aromatic carbocycles. The smallest absolute Gasteiger partial charge is 0.220 e. The maximum atomic E-state index is 11.9. The van der Waals surface area contributed by atoms with E-state index in [1.54, 1.807) is 0 Å². The maximum absolute atomic E-state index is 11.9. The fourth-order valence-corrected chi connectivity index (χ4v) is 3.25. The van der Waals surface area contributed by atoms with Crippen molar-refractivity contribution in [1.82, 2.24) is 10.6 Å². The zero-order chi connectivity index (χ0) is 14.2. The average molecular weight is 282 g/mol. The van der Waals surface area contributed by atoms with E-state index >= 15 is 0 Å². The van der Waals surface area contributed by atoms with Crippen LogP contribution < -0.4 is 10.6 Å². The second-order valence-electron chi connectivity index (χ2n) is 6.24. The van der Waals surface area contributed by atoms with Crippen LogP contribution in [0.2, 0.25) is 0 Å². The Bertz CT molecular complexity index is 282. The third-order valence-corrected chi connectivity index (χ3v) is 4.49. The molecule has 1 amide bonds. The van der Waals surface area contributed by atoms with Gasteiger partial charge in [0.15, 0.2) is 0 Å². The molecule has 0 bridgehead atoms. The average Bonchev–Trinajstić information content (AvgIpc) is 2.98. The van der Waals surface area contributed by atoms with Gasteiger partial charge in [0.1, 0.15) is 0 Å². The highest BCUT2D eigenvalue weighted by Crippen LogP contribution is 2.20.